The van der Waals surface area contributed by atoms with Crippen molar-refractivity contribution < 1.29 is 13.9 Å². The Morgan fingerprint density at radius 2 is 1.82 bits per heavy atom. The highest BCUT2D eigenvalue weighted by atomic mass is 79.9. The summed E-state index contributed by atoms with van der Waals surface area (Å²) in [7, 11) is 1.58. The van der Waals surface area contributed by atoms with Crippen molar-refractivity contribution >= 4 is 75.9 Å². The van der Waals surface area contributed by atoms with E-state index in [1.807, 2.05) is 30.3 Å². The van der Waals surface area contributed by atoms with Crippen molar-refractivity contribution in [2.75, 3.05) is 13.7 Å². The zero-order valence-electron chi connectivity index (χ0n) is 21.6. The number of hydrogen-bond donors (Lipinski definition) is 0. The topological polar surface area (TPSA) is 78.9 Å². The highest BCUT2D eigenvalue weighted by molar-refractivity contribution is 9.13. The van der Waals surface area contributed by atoms with E-state index in [2.05, 4.69) is 73.7 Å². The number of nitrogens with zero attached hydrogens (tertiary/aromatic N) is 3. The summed E-state index contributed by atoms with van der Waals surface area (Å²) in [6.07, 6.45) is 1.57. The van der Waals surface area contributed by atoms with Crippen molar-refractivity contribution in [1.82, 2.24) is 9.66 Å². The van der Waals surface area contributed by atoms with Crippen LogP contribution in [-0.4, -0.2) is 29.6 Å². The summed E-state index contributed by atoms with van der Waals surface area (Å²) in [5.74, 6) is 1.82. The molecule has 0 spiro atoms. The average molecular weight is 718 g/mol. The van der Waals surface area contributed by atoms with Gasteiger partial charge in [-0.25, -0.2) is 4.98 Å². The van der Waals surface area contributed by atoms with E-state index in [9.17, 15) is 4.79 Å². The van der Waals surface area contributed by atoms with E-state index >= 15 is 0 Å². The molecule has 5 rings (SSSR count). The third-order valence-corrected chi connectivity index (χ3v) is 8.43. The van der Waals surface area contributed by atoms with E-state index in [0.29, 0.717) is 54.9 Å². The summed E-state index contributed by atoms with van der Waals surface area (Å²) < 4.78 is 21.3. The largest absolute Gasteiger partial charge is 0.493 e. The minimum atomic E-state index is -0.319. The molecule has 0 radical (unpaired) electrons. The fourth-order valence-electron chi connectivity index (χ4n) is 3.91. The Morgan fingerprint density at radius 1 is 1.05 bits per heavy atom. The maximum atomic E-state index is 13.6. The number of halogens is 3. The second-order valence-corrected chi connectivity index (χ2v) is 12.6. The van der Waals surface area contributed by atoms with Gasteiger partial charge in [-0.1, -0.05) is 48.8 Å². The molecule has 2 heterocycles. The Bertz CT molecular complexity index is 1800. The number of furan rings is 1. The van der Waals surface area contributed by atoms with Crippen molar-refractivity contribution in [3.05, 3.63) is 83.9 Å². The van der Waals surface area contributed by atoms with Crippen LogP contribution in [0, 0.1) is 5.41 Å². The zero-order chi connectivity index (χ0) is 27.9. The molecular weight excluding hydrogens is 694 g/mol. The summed E-state index contributed by atoms with van der Waals surface area (Å²) in [5.41, 5.74) is 1.54. The molecule has 2 aromatic heterocycles. The van der Waals surface area contributed by atoms with Gasteiger partial charge in [0.2, 0.25) is 5.82 Å². The van der Waals surface area contributed by atoms with Crippen LogP contribution in [0.3, 0.4) is 0 Å². The molecule has 0 saturated heterocycles. The van der Waals surface area contributed by atoms with Gasteiger partial charge in [0.1, 0.15) is 5.58 Å². The lowest BCUT2D eigenvalue weighted by molar-refractivity contribution is 0.190. The lowest BCUT2D eigenvalue weighted by atomic mass is 9.99. The molecule has 0 aliphatic carbocycles. The Labute approximate surface area is 250 Å². The fourth-order valence-corrected chi connectivity index (χ4v) is 5.22. The number of para-hydroxylation sites is 1. The molecule has 0 fully saturated rings. The number of rotatable bonds is 6. The van der Waals surface area contributed by atoms with Crippen LogP contribution in [0.15, 0.2) is 82.3 Å². The van der Waals surface area contributed by atoms with Crippen molar-refractivity contribution in [2.24, 2.45) is 10.5 Å². The molecule has 0 amide bonds. The van der Waals surface area contributed by atoms with Gasteiger partial charge in [-0.05, 0) is 79.7 Å². The first-order valence-corrected chi connectivity index (χ1v) is 14.4. The quantitative estimate of drug-likeness (QED) is 0.165. The minimum absolute atomic E-state index is 0.0373. The predicted octanol–water partition coefficient (Wildman–Crippen LogP) is 8.41. The monoisotopic (exact) mass is 715 g/mol. The number of methoxy groups -OCH3 is 1. The molecule has 3 aromatic carbocycles. The molecule has 200 valence electrons. The molecule has 0 bridgehead atoms. The van der Waals surface area contributed by atoms with Crippen LogP contribution in [0.1, 0.15) is 26.3 Å². The molecule has 0 saturated carbocycles. The van der Waals surface area contributed by atoms with E-state index in [1.54, 1.807) is 37.6 Å². The maximum absolute atomic E-state index is 13.6. The molecule has 0 aliphatic heterocycles. The number of ether oxygens (including phenoxy) is 2. The van der Waals surface area contributed by atoms with Crippen LogP contribution in [-0.2, 0) is 0 Å². The normalized spacial score (nSPS) is 12.1. The Kier molecular flexibility index (Phi) is 7.72. The van der Waals surface area contributed by atoms with Crippen molar-refractivity contribution in [3.8, 4) is 23.1 Å². The summed E-state index contributed by atoms with van der Waals surface area (Å²) in [5, 5.41) is 5.90. The Hall–Kier alpha value is -2.95. The molecule has 10 heteroatoms. The van der Waals surface area contributed by atoms with Gasteiger partial charge < -0.3 is 13.9 Å². The van der Waals surface area contributed by atoms with Crippen LogP contribution in [0.5, 0.6) is 11.5 Å². The van der Waals surface area contributed by atoms with Crippen molar-refractivity contribution in [3.63, 3.8) is 0 Å². The fraction of sp³-hybridized carbons (Fsp3) is 0.207. The zero-order valence-corrected chi connectivity index (χ0v) is 26.3. The van der Waals surface area contributed by atoms with Gasteiger partial charge in [-0.2, -0.15) is 9.78 Å². The molecule has 0 aliphatic rings. The van der Waals surface area contributed by atoms with E-state index in [4.69, 9.17) is 18.9 Å². The summed E-state index contributed by atoms with van der Waals surface area (Å²) in [6.45, 7) is 6.78. The number of fused-ring (bicyclic) bond motifs is 2. The average Bonchev–Trinajstić information content (AvgIpc) is 3.32. The molecule has 39 heavy (non-hydrogen) atoms. The smallest absolute Gasteiger partial charge is 0.282 e. The van der Waals surface area contributed by atoms with Crippen LogP contribution >= 0.6 is 47.8 Å². The van der Waals surface area contributed by atoms with E-state index in [0.717, 1.165) is 9.86 Å². The third kappa shape index (κ3) is 5.69. The maximum Gasteiger partial charge on any atom is 0.282 e. The van der Waals surface area contributed by atoms with E-state index < -0.39 is 0 Å². The Morgan fingerprint density at radius 3 is 2.56 bits per heavy atom. The highest BCUT2D eigenvalue weighted by Crippen LogP contribution is 2.43. The van der Waals surface area contributed by atoms with Crippen LogP contribution in [0.2, 0.25) is 0 Å². The van der Waals surface area contributed by atoms with Gasteiger partial charge in [0.05, 0.1) is 35.3 Å². The predicted molar refractivity (Wildman–Crippen MR) is 165 cm³/mol. The van der Waals surface area contributed by atoms with E-state index in [-0.39, 0.29) is 16.8 Å². The number of benzene rings is 3. The number of aromatic nitrogens is 2. The van der Waals surface area contributed by atoms with Crippen molar-refractivity contribution in [1.29, 1.82) is 0 Å². The summed E-state index contributed by atoms with van der Waals surface area (Å²) in [6, 6.07) is 16.5. The van der Waals surface area contributed by atoms with Crippen LogP contribution < -0.4 is 15.0 Å². The molecule has 7 nitrogen and oxygen atoms in total. The second-order valence-electron chi connectivity index (χ2n) is 10.1. The van der Waals surface area contributed by atoms with Crippen molar-refractivity contribution in [2.45, 2.75) is 20.8 Å². The van der Waals surface area contributed by atoms with Gasteiger partial charge in [0, 0.05) is 19.9 Å². The summed E-state index contributed by atoms with van der Waals surface area (Å²) >= 11 is 10.8. The van der Waals surface area contributed by atoms with Gasteiger partial charge in [-0.3, -0.25) is 4.79 Å². The van der Waals surface area contributed by atoms with Crippen LogP contribution in [0.4, 0.5) is 0 Å². The molecule has 5 aromatic rings. The standard InChI is InChI=1S/C29H24Br3N3O4/c1-29(2,3)15-38-26-22(37-4)13-17(24(31)25(26)32)14-33-35-27(34-20-8-6-5-7-19(20)28(35)36)23-12-16-11-18(30)9-10-21(16)39-23/h5-14H,15H2,1-4H3. The van der Waals surface area contributed by atoms with Crippen LogP contribution in [0.25, 0.3) is 33.5 Å². The first-order chi connectivity index (χ1) is 18.6. The van der Waals surface area contributed by atoms with Gasteiger partial charge in [0.15, 0.2) is 17.3 Å². The highest BCUT2D eigenvalue weighted by Gasteiger charge is 2.21. The molecular formula is C29H24Br3N3O4. The van der Waals surface area contributed by atoms with Gasteiger partial charge in [-0.15, -0.1) is 0 Å². The number of hydrogen-bond acceptors (Lipinski definition) is 6. The molecule has 0 unspecified atom stereocenters. The first kappa shape index (κ1) is 27.6. The molecule has 0 N–H and O–H groups in total. The first-order valence-electron chi connectivity index (χ1n) is 12.0. The second kappa shape index (κ2) is 10.9. The minimum Gasteiger partial charge on any atom is -0.493 e. The summed E-state index contributed by atoms with van der Waals surface area (Å²) in [4.78, 5) is 18.4. The van der Waals surface area contributed by atoms with Gasteiger partial charge >= 0.3 is 0 Å². The lowest BCUT2D eigenvalue weighted by Gasteiger charge is -2.21. The Balaban J connectivity index is 1.65. The SMILES string of the molecule is COc1cc(C=Nn2c(-c3cc4cc(Br)ccc4o3)nc3ccccc3c2=O)c(Br)c(Br)c1OCC(C)(C)C. The third-order valence-electron chi connectivity index (χ3n) is 5.79. The molecule has 0 atom stereocenters. The lowest BCUT2D eigenvalue weighted by Crippen LogP contribution is -2.20. The van der Waals surface area contributed by atoms with E-state index in [1.165, 1.54) is 4.68 Å². The van der Waals surface area contributed by atoms with Gasteiger partial charge in [0.25, 0.3) is 5.56 Å².